The molecule has 0 spiro atoms. The molecule has 5 rings (SSSR count). The SMILES string of the molecule is CCOc1cccc(F)c1CN1CCN(C(=O)C(N)C2CCN(CCc3cc(Cl)ccc3-c3ccccc3OC)CC2)CC1. The van der Waals surface area contributed by atoms with Crippen molar-refractivity contribution in [1.82, 2.24) is 14.7 Å². The zero-order chi connectivity index (χ0) is 31.1. The van der Waals surface area contributed by atoms with Gasteiger partial charge in [0, 0.05) is 55.4 Å². The van der Waals surface area contributed by atoms with Gasteiger partial charge in [0.2, 0.25) is 5.91 Å². The Morgan fingerprint density at radius 1 is 0.955 bits per heavy atom. The predicted octanol–water partition coefficient (Wildman–Crippen LogP) is 5.48. The molecule has 0 saturated carbocycles. The van der Waals surface area contributed by atoms with Crippen LogP contribution in [0.15, 0.2) is 60.7 Å². The summed E-state index contributed by atoms with van der Waals surface area (Å²) in [6.07, 6.45) is 2.66. The van der Waals surface area contributed by atoms with E-state index in [1.807, 2.05) is 42.2 Å². The second kappa shape index (κ2) is 15.2. The van der Waals surface area contributed by atoms with Crippen LogP contribution in [0, 0.1) is 11.7 Å². The van der Waals surface area contributed by atoms with Crippen LogP contribution >= 0.6 is 11.6 Å². The molecule has 1 atom stereocenters. The first-order valence-corrected chi connectivity index (χ1v) is 16.1. The van der Waals surface area contributed by atoms with Crippen LogP contribution < -0.4 is 15.2 Å². The fraction of sp³-hybridized carbons (Fsp3) is 0.457. The molecular weight excluding hydrogens is 579 g/mol. The molecule has 44 heavy (non-hydrogen) atoms. The van der Waals surface area contributed by atoms with Gasteiger partial charge in [-0.25, -0.2) is 4.39 Å². The maximum atomic E-state index is 14.5. The van der Waals surface area contributed by atoms with E-state index in [9.17, 15) is 9.18 Å². The highest BCUT2D eigenvalue weighted by molar-refractivity contribution is 6.30. The zero-order valence-electron chi connectivity index (χ0n) is 25.8. The Bertz CT molecular complexity index is 1410. The number of piperazine rings is 1. The number of likely N-dealkylation sites (tertiary alicyclic amines) is 1. The summed E-state index contributed by atoms with van der Waals surface area (Å²) in [5.41, 5.74) is 10.5. The van der Waals surface area contributed by atoms with E-state index in [2.05, 4.69) is 28.0 Å². The second-order valence-corrected chi connectivity index (χ2v) is 12.1. The van der Waals surface area contributed by atoms with Gasteiger partial charge in [-0.05, 0) is 86.7 Å². The molecule has 0 radical (unpaired) electrons. The number of amides is 1. The number of rotatable bonds is 11. The lowest BCUT2D eigenvalue weighted by Crippen LogP contribution is -2.55. The van der Waals surface area contributed by atoms with E-state index in [0.717, 1.165) is 60.8 Å². The van der Waals surface area contributed by atoms with Crippen LogP contribution in [0.3, 0.4) is 0 Å². The number of methoxy groups -OCH3 is 1. The second-order valence-electron chi connectivity index (χ2n) is 11.7. The predicted molar refractivity (Wildman–Crippen MR) is 174 cm³/mol. The Hall–Kier alpha value is -3.17. The Balaban J connectivity index is 1.10. The Kier molecular flexibility index (Phi) is 11.1. The first-order chi connectivity index (χ1) is 21.4. The molecule has 7 nitrogen and oxygen atoms in total. The average molecular weight is 623 g/mol. The van der Waals surface area contributed by atoms with Crippen molar-refractivity contribution < 1.29 is 18.7 Å². The molecule has 1 amide bonds. The van der Waals surface area contributed by atoms with Gasteiger partial charge in [-0.15, -0.1) is 0 Å². The van der Waals surface area contributed by atoms with Crippen molar-refractivity contribution >= 4 is 17.5 Å². The maximum absolute atomic E-state index is 14.5. The van der Waals surface area contributed by atoms with Gasteiger partial charge >= 0.3 is 0 Å². The van der Waals surface area contributed by atoms with Crippen LogP contribution in [0.2, 0.25) is 5.02 Å². The number of hydrogen-bond donors (Lipinski definition) is 1. The number of hydrogen-bond acceptors (Lipinski definition) is 6. The summed E-state index contributed by atoms with van der Waals surface area (Å²) in [4.78, 5) is 19.9. The average Bonchev–Trinajstić information content (AvgIpc) is 3.05. The smallest absolute Gasteiger partial charge is 0.239 e. The van der Waals surface area contributed by atoms with Crippen LogP contribution in [-0.4, -0.2) is 86.2 Å². The summed E-state index contributed by atoms with van der Waals surface area (Å²) in [5.74, 6) is 1.37. The largest absolute Gasteiger partial charge is 0.496 e. The Labute approximate surface area is 265 Å². The summed E-state index contributed by atoms with van der Waals surface area (Å²) >= 11 is 6.40. The zero-order valence-corrected chi connectivity index (χ0v) is 26.6. The molecule has 2 saturated heterocycles. The fourth-order valence-corrected chi connectivity index (χ4v) is 6.65. The Morgan fingerprint density at radius 2 is 1.68 bits per heavy atom. The van der Waals surface area contributed by atoms with Gasteiger partial charge in [-0.2, -0.15) is 0 Å². The van der Waals surface area contributed by atoms with Crippen molar-refractivity contribution in [2.75, 3.05) is 59.5 Å². The number of carbonyl (C=O) groups excluding carboxylic acids is 1. The van der Waals surface area contributed by atoms with Crippen molar-refractivity contribution in [3.63, 3.8) is 0 Å². The van der Waals surface area contributed by atoms with Crippen molar-refractivity contribution in [2.45, 2.75) is 38.8 Å². The van der Waals surface area contributed by atoms with Gasteiger partial charge in [-0.1, -0.05) is 41.9 Å². The van der Waals surface area contributed by atoms with Crippen LogP contribution in [0.5, 0.6) is 11.5 Å². The van der Waals surface area contributed by atoms with Gasteiger partial charge in [-0.3, -0.25) is 9.69 Å². The van der Waals surface area contributed by atoms with E-state index in [-0.39, 0.29) is 17.6 Å². The van der Waals surface area contributed by atoms with Crippen molar-refractivity contribution in [3.05, 3.63) is 82.6 Å². The van der Waals surface area contributed by atoms with Crippen LogP contribution in [-0.2, 0) is 17.8 Å². The number of piperidine rings is 1. The maximum Gasteiger partial charge on any atom is 0.239 e. The number of benzene rings is 3. The lowest BCUT2D eigenvalue weighted by atomic mass is 9.88. The highest BCUT2D eigenvalue weighted by Crippen LogP contribution is 2.34. The number of ether oxygens (including phenoxy) is 2. The highest BCUT2D eigenvalue weighted by Gasteiger charge is 2.33. The molecule has 1 unspecified atom stereocenters. The van der Waals surface area contributed by atoms with Gasteiger partial charge < -0.3 is 25.0 Å². The van der Waals surface area contributed by atoms with Gasteiger partial charge in [0.1, 0.15) is 17.3 Å². The van der Waals surface area contributed by atoms with E-state index in [4.69, 9.17) is 26.8 Å². The molecule has 3 aromatic rings. The number of para-hydroxylation sites is 1. The number of carbonyl (C=O) groups is 1. The summed E-state index contributed by atoms with van der Waals surface area (Å²) in [5, 5.41) is 0.727. The number of nitrogens with two attached hydrogens (primary N) is 1. The van der Waals surface area contributed by atoms with E-state index >= 15 is 0 Å². The van der Waals surface area contributed by atoms with E-state index < -0.39 is 6.04 Å². The molecule has 0 bridgehead atoms. The minimum atomic E-state index is -0.495. The first-order valence-electron chi connectivity index (χ1n) is 15.7. The summed E-state index contributed by atoms with van der Waals surface area (Å²) in [6.45, 7) is 8.13. The molecule has 2 aliphatic rings. The lowest BCUT2D eigenvalue weighted by molar-refractivity contribution is -0.136. The molecule has 0 aliphatic carbocycles. The molecule has 2 heterocycles. The van der Waals surface area contributed by atoms with Crippen molar-refractivity contribution in [1.29, 1.82) is 0 Å². The molecule has 3 aromatic carbocycles. The molecular formula is C35H44ClFN4O3. The molecule has 2 aliphatic heterocycles. The number of halogens is 2. The normalized spacial score (nSPS) is 17.4. The molecule has 2 N–H and O–H groups in total. The molecule has 0 aromatic heterocycles. The van der Waals surface area contributed by atoms with Gasteiger partial charge in [0.05, 0.1) is 19.8 Å². The molecule has 236 valence electrons. The monoisotopic (exact) mass is 622 g/mol. The summed E-state index contributed by atoms with van der Waals surface area (Å²) < 4.78 is 25.8. The van der Waals surface area contributed by atoms with Crippen molar-refractivity contribution in [2.24, 2.45) is 11.7 Å². The quantitative estimate of drug-likeness (QED) is 0.305. The van der Waals surface area contributed by atoms with E-state index in [1.165, 1.54) is 11.6 Å². The highest BCUT2D eigenvalue weighted by atomic mass is 35.5. The van der Waals surface area contributed by atoms with Crippen LogP contribution in [0.1, 0.15) is 30.9 Å². The van der Waals surface area contributed by atoms with Crippen molar-refractivity contribution in [3.8, 4) is 22.6 Å². The summed E-state index contributed by atoms with van der Waals surface area (Å²) in [7, 11) is 1.70. The molecule has 9 heteroatoms. The van der Waals surface area contributed by atoms with Crippen LogP contribution in [0.25, 0.3) is 11.1 Å². The third-order valence-electron chi connectivity index (χ3n) is 9.03. The number of nitrogens with zero attached hydrogens (tertiary/aromatic N) is 3. The standard InChI is InChI=1S/C35H44ClFN4O3/c1-3-44-33-10-6-8-31(37)30(33)24-40-19-21-41(22-20-40)35(42)34(38)25-13-16-39(17-14-25)18-15-26-23-27(36)11-12-28(26)29-7-4-5-9-32(29)43-2/h4-12,23,25,34H,3,13-22,24,38H2,1-2H3. The van der Waals surface area contributed by atoms with E-state index in [0.29, 0.717) is 50.6 Å². The van der Waals surface area contributed by atoms with E-state index in [1.54, 1.807) is 13.2 Å². The van der Waals surface area contributed by atoms with Crippen LogP contribution in [0.4, 0.5) is 4.39 Å². The third-order valence-corrected chi connectivity index (χ3v) is 9.26. The van der Waals surface area contributed by atoms with Gasteiger partial charge in [0.15, 0.2) is 0 Å². The minimum Gasteiger partial charge on any atom is -0.496 e. The fourth-order valence-electron chi connectivity index (χ4n) is 6.46. The third kappa shape index (κ3) is 7.72. The molecule has 2 fully saturated rings. The summed E-state index contributed by atoms with van der Waals surface area (Å²) in [6, 6.07) is 18.6. The van der Waals surface area contributed by atoms with Gasteiger partial charge in [0.25, 0.3) is 0 Å². The lowest BCUT2D eigenvalue weighted by Gasteiger charge is -2.39. The topological polar surface area (TPSA) is 71.3 Å². The first kappa shape index (κ1) is 32.2. The Morgan fingerprint density at radius 3 is 2.41 bits per heavy atom. The minimum absolute atomic E-state index is 0.0318.